The summed E-state index contributed by atoms with van der Waals surface area (Å²) >= 11 is 1.68. The van der Waals surface area contributed by atoms with Gasteiger partial charge in [0.2, 0.25) is 0 Å². The Morgan fingerprint density at radius 2 is 2.06 bits per heavy atom. The zero-order chi connectivity index (χ0) is 11.8. The Balaban J connectivity index is 1.94. The van der Waals surface area contributed by atoms with Crippen LogP contribution in [-0.4, -0.2) is 21.2 Å². The van der Waals surface area contributed by atoms with Crippen molar-refractivity contribution in [3.63, 3.8) is 0 Å². The molecule has 1 aliphatic carbocycles. The third-order valence-corrected chi connectivity index (χ3v) is 4.09. The smallest absolute Gasteiger partial charge is 0.125 e. The van der Waals surface area contributed by atoms with Crippen molar-refractivity contribution in [2.24, 2.45) is 4.99 Å². The van der Waals surface area contributed by atoms with Gasteiger partial charge < -0.3 is 10.2 Å². The highest BCUT2D eigenvalue weighted by Gasteiger charge is 2.29. The van der Waals surface area contributed by atoms with Gasteiger partial charge in [0.05, 0.1) is 11.0 Å². The van der Waals surface area contributed by atoms with E-state index in [4.69, 9.17) is 0 Å². The van der Waals surface area contributed by atoms with Crippen LogP contribution in [0.15, 0.2) is 47.5 Å². The molecule has 1 heterocycles. The number of nitrogens with zero attached hydrogens (tertiary/aromatic N) is 1. The maximum absolute atomic E-state index is 9.81. The molecule has 2 N–H and O–H groups in total. The van der Waals surface area contributed by atoms with Gasteiger partial charge in [0.15, 0.2) is 0 Å². The molecule has 0 spiro atoms. The molecule has 0 radical (unpaired) electrons. The number of aromatic hydroxyl groups is 2. The van der Waals surface area contributed by atoms with Crippen molar-refractivity contribution in [3.8, 4) is 11.5 Å². The van der Waals surface area contributed by atoms with Gasteiger partial charge in [0.1, 0.15) is 16.9 Å². The van der Waals surface area contributed by atoms with Crippen LogP contribution < -0.4 is 0 Å². The molecule has 1 aromatic carbocycles. The Hall–Kier alpha value is -1.68. The molecule has 2 unspecified atom stereocenters. The first-order valence-electron chi connectivity index (χ1n) is 5.34. The predicted octanol–water partition coefficient (Wildman–Crippen LogP) is 2.78. The third kappa shape index (κ3) is 1.85. The lowest BCUT2D eigenvalue weighted by atomic mass is 10.1. The minimum absolute atomic E-state index is 0.0686. The van der Waals surface area contributed by atoms with E-state index in [0.29, 0.717) is 0 Å². The van der Waals surface area contributed by atoms with E-state index in [-0.39, 0.29) is 22.1 Å². The Morgan fingerprint density at radius 3 is 2.82 bits per heavy atom. The van der Waals surface area contributed by atoms with Gasteiger partial charge in [-0.25, -0.2) is 0 Å². The Morgan fingerprint density at radius 1 is 1.18 bits per heavy atom. The Bertz CT molecular complexity index is 548. The van der Waals surface area contributed by atoms with Crippen molar-refractivity contribution in [2.75, 3.05) is 0 Å². The molecule has 2 aliphatic rings. The fourth-order valence-electron chi connectivity index (χ4n) is 1.93. The first-order valence-corrected chi connectivity index (χ1v) is 6.28. The molecule has 86 valence electrons. The zero-order valence-electron chi connectivity index (χ0n) is 8.95. The first-order chi connectivity index (χ1) is 8.24. The van der Waals surface area contributed by atoms with Crippen LogP contribution in [0.25, 0.3) is 0 Å². The van der Waals surface area contributed by atoms with Gasteiger partial charge in [-0.05, 0) is 18.2 Å². The summed E-state index contributed by atoms with van der Waals surface area (Å²) in [5.41, 5.74) is 1.78. The normalized spacial score (nSPS) is 25.8. The highest BCUT2D eigenvalue weighted by atomic mass is 32.2. The van der Waals surface area contributed by atoms with Crippen LogP contribution in [0, 0.1) is 0 Å². The predicted molar refractivity (Wildman–Crippen MR) is 69.6 cm³/mol. The zero-order valence-corrected chi connectivity index (χ0v) is 9.76. The van der Waals surface area contributed by atoms with Crippen molar-refractivity contribution >= 4 is 17.5 Å². The van der Waals surface area contributed by atoms with Gasteiger partial charge in [0.25, 0.3) is 0 Å². The highest BCUT2D eigenvalue weighted by Crippen LogP contribution is 2.44. The topological polar surface area (TPSA) is 52.8 Å². The molecule has 3 rings (SSSR count). The van der Waals surface area contributed by atoms with Gasteiger partial charge in [0, 0.05) is 11.6 Å². The van der Waals surface area contributed by atoms with Gasteiger partial charge in [-0.15, -0.1) is 11.8 Å². The Labute approximate surface area is 103 Å². The molecular weight excluding hydrogens is 234 g/mol. The van der Waals surface area contributed by atoms with E-state index >= 15 is 0 Å². The highest BCUT2D eigenvalue weighted by molar-refractivity contribution is 8.01. The van der Waals surface area contributed by atoms with Crippen LogP contribution in [0.3, 0.4) is 0 Å². The Kier molecular flexibility index (Phi) is 2.44. The van der Waals surface area contributed by atoms with Crippen molar-refractivity contribution < 1.29 is 10.2 Å². The molecule has 0 amide bonds. The first kappa shape index (κ1) is 10.5. The molecule has 0 saturated heterocycles. The number of phenols is 2. The van der Waals surface area contributed by atoms with Gasteiger partial charge in [-0.1, -0.05) is 18.2 Å². The second-order valence-electron chi connectivity index (χ2n) is 3.95. The molecule has 1 aromatic rings. The largest absolute Gasteiger partial charge is 0.508 e. The van der Waals surface area contributed by atoms with Crippen molar-refractivity contribution in [3.05, 3.63) is 48.1 Å². The number of fused-ring (bicyclic) bond motifs is 1. The molecule has 0 fully saturated rings. The summed E-state index contributed by atoms with van der Waals surface area (Å²) in [6.45, 7) is 0. The number of hydrogen-bond donors (Lipinski definition) is 2. The monoisotopic (exact) mass is 245 g/mol. The molecule has 2 atom stereocenters. The molecule has 17 heavy (non-hydrogen) atoms. The molecular formula is C13H11NO2S. The molecule has 3 nitrogen and oxygen atoms in total. The second kappa shape index (κ2) is 3.96. The number of rotatable bonds is 1. The van der Waals surface area contributed by atoms with Crippen LogP contribution in [0.1, 0.15) is 10.9 Å². The number of allylic oxidation sites excluding steroid dienone is 3. The second-order valence-corrected chi connectivity index (χ2v) is 5.18. The lowest BCUT2D eigenvalue weighted by Crippen LogP contribution is -2.08. The minimum atomic E-state index is -0.0944. The van der Waals surface area contributed by atoms with E-state index in [1.807, 2.05) is 18.2 Å². The van der Waals surface area contributed by atoms with Crippen LogP contribution in [0.5, 0.6) is 11.5 Å². The summed E-state index contributed by atoms with van der Waals surface area (Å²) in [7, 11) is 0. The van der Waals surface area contributed by atoms with E-state index < -0.39 is 0 Å². The third-order valence-electron chi connectivity index (χ3n) is 2.78. The molecule has 4 heteroatoms. The summed E-state index contributed by atoms with van der Waals surface area (Å²) in [4.78, 5) is 4.57. The summed E-state index contributed by atoms with van der Waals surface area (Å²) < 4.78 is 0. The SMILES string of the molecule is Oc1ccc(C2N=C3C=CC=CC3S2)c(O)c1. The van der Waals surface area contributed by atoms with E-state index in [1.165, 1.54) is 6.07 Å². The van der Waals surface area contributed by atoms with Crippen LogP contribution in [-0.2, 0) is 0 Å². The summed E-state index contributed by atoms with van der Waals surface area (Å²) in [6.07, 6.45) is 8.07. The quantitative estimate of drug-likeness (QED) is 0.800. The number of benzene rings is 1. The summed E-state index contributed by atoms with van der Waals surface area (Å²) in [5, 5.41) is 19.3. The van der Waals surface area contributed by atoms with Crippen molar-refractivity contribution in [2.45, 2.75) is 10.6 Å². The lowest BCUT2D eigenvalue weighted by molar-refractivity contribution is 0.446. The molecule has 0 aromatic heterocycles. The van der Waals surface area contributed by atoms with E-state index in [9.17, 15) is 10.2 Å². The minimum Gasteiger partial charge on any atom is -0.508 e. The molecule has 0 bridgehead atoms. The number of hydrogen-bond acceptors (Lipinski definition) is 4. The molecule has 0 saturated carbocycles. The number of thioether (sulfide) groups is 1. The van der Waals surface area contributed by atoms with E-state index in [2.05, 4.69) is 11.1 Å². The summed E-state index contributed by atoms with van der Waals surface area (Å²) in [5.74, 6) is 0.164. The molecule has 1 aliphatic heterocycles. The van der Waals surface area contributed by atoms with Crippen molar-refractivity contribution in [1.82, 2.24) is 0 Å². The van der Waals surface area contributed by atoms with Gasteiger partial charge >= 0.3 is 0 Å². The number of phenolic OH excluding ortho intramolecular Hbond substituents is 2. The average Bonchev–Trinajstić information content (AvgIpc) is 2.72. The standard InChI is InChI=1S/C13H11NO2S/c15-8-5-6-9(11(16)7-8)13-14-10-3-1-2-4-12(10)17-13/h1-7,12-13,15-16H. The van der Waals surface area contributed by atoms with E-state index in [1.54, 1.807) is 23.9 Å². The van der Waals surface area contributed by atoms with Crippen LogP contribution in [0.4, 0.5) is 0 Å². The van der Waals surface area contributed by atoms with Crippen LogP contribution >= 0.6 is 11.8 Å². The van der Waals surface area contributed by atoms with Gasteiger partial charge in [-0.2, -0.15) is 0 Å². The maximum atomic E-state index is 9.81. The maximum Gasteiger partial charge on any atom is 0.125 e. The lowest BCUT2D eigenvalue weighted by Gasteiger charge is -2.11. The van der Waals surface area contributed by atoms with E-state index in [0.717, 1.165) is 11.3 Å². The number of aliphatic imine (C=N–C) groups is 1. The van der Waals surface area contributed by atoms with Crippen molar-refractivity contribution in [1.29, 1.82) is 0 Å². The average molecular weight is 245 g/mol. The van der Waals surface area contributed by atoms with Crippen LogP contribution in [0.2, 0.25) is 0 Å². The fraction of sp³-hybridized carbons (Fsp3) is 0.154. The summed E-state index contributed by atoms with van der Waals surface area (Å²) in [6, 6.07) is 4.64. The van der Waals surface area contributed by atoms with Gasteiger partial charge in [-0.3, -0.25) is 4.99 Å². The fourth-order valence-corrected chi connectivity index (χ4v) is 3.20.